The van der Waals surface area contributed by atoms with Crippen molar-refractivity contribution in [3.63, 3.8) is 0 Å². The predicted molar refractivity (Wildman–Crippen MR) is 133 cm³/mol. The number of carbonyl (C=O) groups excluding carboxylic acids is 2. The first kappa shape index (κ1) is 29.1. The molecule has 2 N–H and O–H groups in total. The van der Waals surface area contributed by atoms with Gasteiger partial charge in [0, 0.05) is 13.1 Å². The van der Waals surface area contributed by atoms with Gasteiger partial charge in [0.15, 0.2) is 0 Å². The van der Waals surface area contributed by atoms with E-state index in [1.165, 1.54) is 0 Å². The lowest BCUT2D eigenvalue weighted by Crippen LogP contribution is -2.32. The maximum absolute atomic E-state index is 11.9. The number of rotatable bonds is 14. The summed E-state index contributed by atoms with van der Waals surface area (Å²) >= 11 is 0. The second kappa shape index (κ2) is 20.1. The molecule has 0 fully saturated rings. The molecule has 0 saturated carbocycles. The van der Waals surface area contributed by atoms with Crippen molar-refractivity contribution in [2.45, 2.75) is 76.4 Å². The summed E-state index contributed by atoms with van der Waals surface area (Å²) in [6.07, 6.45) is 17.6. The van der Waals surface area contributed by atoms with Gasteiger partial charge in [0.2, 0.25) is 0 Å². The number of amides is 2. The Balaban J connectivity index is 1.31. The maximum atomic E-state index is 11.9. The minimum Gasteiger partial charge on any atom is -0.446 e. The third-order valence-electron chi connectivity index (χ3n) is 5.76. The molecule has 0 heterocycles. The highest BCUT2D eigenvalue weighted by Gasteiger charge is 2.15. The van der Waals surface area contributed by atoms with Crippen molar-refractivity contribution in [2.75, 3.05) is 52.7 Å². The highest BCUT2D eigenvalue weighted by Crippen LogP contribution is 2.16. The summed E-state index contributed by atoms with van der Waals surface area (Å²) in [5.41, 5.74) is 0. The topological polar surface area (TPSA) is 104 Å². The Morgan fingerprint density at radius 2 is 0.971 bits per heavy atom. The third kappa shape index (κ3) is 16.2. The Kier molecular flexibility index (Phi) is 16.8. The molecule has 200 valence electrons. The number of hydrogen-bond acceptors (Lipinski definition) is 7. The van der Waals surface area contributed by atoms with Gasteiger partial charge in [-0.15, -0.1) is 0 Å². The number of hydrogen-bond donors (Lipinski definition) is 2. The Labute approximate surface area is 209 Å². The zero-order valence-corrected chi connectivity index (χ0v) is 21.0. The highest BCUT2D eigenvalue weighted by atomic mass is 16.6. The van der Waals surface area contributed by atoms with E-state index in [9.17, 15) is 9.59 Å². The first-order valence-electron chi connectivity index (χ1n) is 13.2. The van der Waals surface area contributed by atoms with E-state index in [0.29, 0.717) is 52.7 Å². The lowest BCUT2D eigenvalue weighted by molar-refractivity contribution is 0.0148. The van der Waals surface area contributed by atoms with E-state index >= 15 is 0 Å². The van der Waals surface area contributed by atoms with E-state index in [1.54, 1.807) is 0 Å². The molecule has 9 heteroatoms. The summed E-state index contributed by atoms with van der Waals surface area (Å²) < 4.78 is 27.3. The summed E-state index contributed by atoms with van der Waals surface area (Å²) in [4.78, 5) is 23.7. The molecule has 2 atom stereocenters. The molecule has 2 aliphatic rings. The van der Waals surface area contributed by atoms with Crippen LogP contribution in [0.2, 0.25) is 0 Å². The molecule has 0 aromatic heterocycles. The molecule has 0 spiro atoms. The number of carbonyl (C=O) groups is 2. The maximum Gasteiger partial charge on any atom is 0.407 e. The molecule has 2 rings (SSSR count). The molecule has 0 saturated heterocycles. The molecule has 0 aliphatic heterocycles. The molecule has 2 aliphatic carbocycles. The van der Waals surface area contributed by atoms with Crippen LogP contribution < -0.4 is 10.6 Å². The SMILES string of the molecule is O=C(NCCOCCOCCOCCNC(=O)OC1CCC=CCCC1)OC1CCC=CCCC1. The molecule has 2 unspecified atom stereocenters. The van der Waals surface area contributed by atoms with Gasteiger partial charge in [0.05, 0.1) is 39.6 Å². The van der Waals surface area contributed by atoms with E-state index in [1.807, 2.05) is 0 Å². The lowest BCUT2D eigenvalue weighted by atomic mass is 10.0. The van der Waals surface area contributed by atoms with E-state index < -0.39 is 0 Å². The third-order valence-corrected chi connectivity index (χ3v) is 5.76. The lowest BCUT2D eigenvalue weighted by Gasteiger charge is -2.18. The fraction of sp³-hybridized carbons (Fsp3) is 0.769. The largest absolute Gasteiger partial charge is 0.446 e. The van der Waals surface area contributed by atoms with Gasteiger partial charge < -0.3 is 34.3 Å². The van der Waals surface area contributed by atoms with Crippen LogP contribution in [0.4, 0.5) is 9.59 Å². The second-order valence-electron chi connectivity index (χ2n) is 8.70. The van der Waals surface area contributed by atoms with Gasteiger partial charge in [-0.25, -0.2) is 9.59 Å². The van der Waals surface area contributed by atoms with Gasteiger partial charge >= 0.3 is 12.2 Å². The predicted octanol–water partition coefficient (Wildman–Crippen LogP) is 4.27. The van der Waals surface area contributed by atoms with E-state index in [4.69, 9.17) is 23.7 Å². The first-order valence-corrected chi connectivity index (χ1v) is 13.2. The Bertz CT molecular complexity index is 575. The summed E-state index contributed by atoms with van der Waals surface area (Å²) in [5, 5.41) is 5.45. The van der Waals surface area contributed by atoms with Gasteiger partial charge in [-0.05, 0) is 64.2 Å². The normalized spacial score (nSPS) is 20.7. The van der Waals surface area contributed by atoms with Crippen LogP contribution >= 0.6 is 0 Å². The zero-order chi connectivity index (χ0) is 24.8. The molecule has 0 radical (unpaired) electrons. The van der Waals surface area contributed by atoms with Gasteiger partial charge in [0.1, 0.15) is 12.2 Å². The van der Waals surface area contributed by atoms with Crippen LogP contribution in [-0.4, -0.2) is 77.1 Å². The van der Waals surface area contributed by atoms with Crippen molar-refractivity contribution in [2.24, 2.45) is 0 Å². The first-order chi connectivity index (χ1) is 17.2. The van der Waals surface area contributed by atoms with Crippen molar-refractivity contribution in [1.82, 2.24) is 10.6 Å². The summed E-state index contributed by atoms with van der Waals surface area (Å²) in [7, 11) is 0. The summed E-state index contributed by atoms with van der Waals surface area (Å²) in [6, 6.07) is 0. The molecule has 2 amide bonds. The van der Waals surface area contributed by atoms with E-state index in [-0.39, 0.29) is 24.4 Å². The van der Waals surface area contributed by atoms with Crippen LogP contribution in [0.25, 0.3) is 0 Å². The van der Waals surface area contributed by atoms with Crippen molar-refractivity contribution >= 4 is 12.2 Å². The van der Waals surface area contributed by atoms with Crippen LogP contribution in [-0.2, 0) is 23.7 Å². The zero-order valence-electron chi connectivity index (χ0n) is 21.0. The van der Waals surface area contributed by atoms with Crippen molar-refractivity contribution in [1.29, 1.82) is 0 Å². The smallest absolute Gasteiger partial charge is 0.407 e. The van der Waals surface area contributed by atoms with Gasteiger partial charge in [-0.2, -0.15) is 0 Å². The van der Waals surface area contributed by atoms with E-state index in [0.717, 1.165) is 64.2 Å². The van der Waals surface area contributed by atoms with Crippen LogP contribution in [0.1, 0.15) is 64.2 Å². The summed E-state index contributed by atoms with van der Waals surface area (Å²) in [6.45, 7) is 3.40. The molecule has 9 nitrogen and oxygen atoms in total. The van der Waals surface area contributed by atoms with E-state index in [2.05, 4.69) is 34.9 Å². The van der Waals surface area contributed by atoms with Crippen LogP contribution in [0.5, 0.6) is 0 Å². The van der Waals surface area contributed by atoms with Crippen molar-refractivity contribution < 1.29 is 33.3 Å². The quantitative estimate of drug-likeness (QED) is 0.273. The molecular weight excluding hydrogens is 452 g/mol. The average molecular weight is 497 g/mol. The van der Waals surface area contributed by atoms with Crippen LogP contribution in [0.3, 0.4) is 0 Å². The Morgan fingerprint density at radius 1 is 0.571 bits per heavy atom. The highest BCUT2D eigenvalue weighted by molar-refractivity contribution is 5.67. The van der Waals surface area contributed by atoms with Gasteiger partial charge in [0.25, 0.3) is 0 Å². The number of nitrogens with one attached hydrogen (secondary N) is 2. The fourth-order valence-corrected chi connectivity index (χ4v) is 3.87. The van der Waals surface area contributed by atoms with Crippen LogP contribution in [0.15, 0.2) is 24.3 Å². The fourth-order valence-electron chi connectivity index (χ4n) is 3.87. The minimum absolute atomic E-state index is 0.00482. The number of alkyl carbamates (subject to hydrolysis) is 2. The average Bonchev–Trinajstić information content (AvgIpc) is 2.80. The Morgan fingerprint density at radius 3 is 1.43 bits per heavy atom. The molecule has 35 heavy (non-hydrogen) atoms. The molecular formula is C26H44N2O7. The number of allylic oxidation sites excluding steroid dienone is 4. The van der Waals surface area contributed by atoms with Gasteiger partial charge in [-0.3, -0.25) is 0 Å². The molecule has 0 bridgehead atoms. The molecule has 0 aromatic rings. The minimum atomic E-state index is -0.378. The Hall–Kier alpha value is -2.10. The van der Waals surface area contributed by atoms with Crippen molar-refractivity contribution in [3.05, 3.63) is 24.3 Å². The second-order valence-corrected chi connectivity index (χ2v) is 8.70. The number of ether oxygens (including phenoxy) is 5. The monoisotopic (exact) mass is 496 g/mol. The van der Waals surface area contributed by atoms with Gasteiger partial charge in [-0.1, -0.05) is 24.3 Å². The summed E-state index contributed by atoms with van der Waals surface area (Å²) in [5.74, 6) is 0. The molecule has 0 aromatic carbocycles. The standard InChI is InChI=1S/C26H44N2O7/c29-25(34-23-11-7-3-1-4-8-12-23)27-15-17-31-19-21-33-22-20-32-18-16-28-26(30)35-24-13-9-5-2-6-10-14-24/h1-3,5,23-24H,4,6-22H2,(H,27,29)(H,28,30). The van der Waals surface area contributed by atoms with Crippen LogP contribution in [0, 0.1) is 0 Å². The van der Waals surface area contributed by atoms with Crippen molar-refractivity contribution in [3.8, 4) is 0 Å².